The summed E-state index contributed by atoms with van der Waals surface area (Å²) in [5, 5.41) is 7.03. The zero-order valence-corrected chi connectivity index (χ0v) is 15.5. The second-order valence-corrected chi connectivity index (χ2v) is 6.42. The van der Waals surface area contributed by atoms with Gasteiger partial charge >= 0.3 is 0 Å². The van der Waals surface area contributed by atoms with E-state index in [1.165, 1.54) is 0 Å². The number of hydrogen-bond donors (Lipinski definition) is 2. The molecular weight excluding hydrogens is 326 g/mol. The molecule has 134 valence electrons. The molecule has 2 rings (SSSR count). The van der Waals surface area contributed by atoms with Crippen molar-refractivity contribution in [2.45, 2.75) is 39.0 Å². The number of nitrogens with zero attached hydrogens (tertiary/aromatic N) is 1. The van der Waals surface area contributed by atoms with Gasteiger partial charge in [-0.1, -0.05) is 43.6 Å². The lowest BCUT2D eigenvalue weighted by molar-refractivity contribution is -0.129. The number of carbonyl (C=O) groups is 1. The van der Waals surface area contributed by atoms with Gasteiger partial charge in [0.05, 0.1) is 18.8 Å². The molecule has 1 aromatic rings. The monoisotopic (exact) mass is 353 g/mol. The molecule has 0 spiro atoms. The Balaban J connectivity index is 2.08. The molecule has 1 saturated heterocycles. The van der Waals surface area contributed by atoms with Crippen molar-refractivity contribution in [2.75, 3.05) is 32.8 Å². The summed E-state index contributed by atoms with van der Waals surface area (Å²) in [6.07, 6.45) is -0.119. The normalized spacial score (nSPS) is 22.4. The third-order valence-electron chi connectivity index (χ3n) is 4.59. The van der Waals surface area contributed by atoms with E-state index < -0.39 is 0 Å². The summed E-state index contributed by atoms with van der Waals surface area (Å²) < 4.78 is 5.56. The van der Waals surface area contributed by atoms with Gasteiger partial charge in [-0.05, 0) is 31.6 Å². The van der Waals surface area contributed by atoms with Gasteiger partial charge in [0.25, 0.3) is 0 Å². The van der Waals surface area contributed by atoms with E-state index in [2.05, 4.69) is 29.4 Å². The number of halogens is 1. The van der Waals surface area contributed by atoms with Crippen molar-refractivity contribution in [2.24, 2.45) is 0 Å². The van der Waals surface area contributed by atoms with Gasteiger partial charge in [0.2, 0.25) is 5.91 Å². The van der Waals surface area contributed by atoms with Crippen LogP contribution in [0.5, 0.6) is 0 Å². The largest absolute Gasteiger partial charge is 0.375 e. The number of benzene rings is 1. The smallest absolute Gasteiger partial charge is 0.239 e. The molecule has 2 N–H and O–H groups in total. The van der Waals surface area contributed by atoms with Crippen LogP contribution in [0.25, 0.3) is 0 Å². The van der Waals surface area contributed by atoms with Crippen LogP contribution in [-0.2, 0) is 9.53 Å². The fourth-order valence-electron chi connectivity index (χ4n) is 3.18. The number of carbonyl (C=O) groups excluding carboxylic acids is 1. The summed E-state index contributed by atoms with van der Waals surface area (Å²) in [5.74, 6) is -0.0218. The highest BCUT2D eigenvalue weighted by Crippen LogP contribution is 2.27. The molecule has 3 atom stereocenters. The summed E-state index contributed by atoms with van der Waals surface area (Å²) >= 11 is 6.39. The van der Waals surface area contributed by atoms with Gasteiger partial charge in [-0.15, -0.1) is 0 Å². The molecule has 1 unspecified atom stereocenters. The van der Waals surface area contributed by atoms with Crippen LogP contribution in [0.4, 0.5) is 0 Å². The quantitative estimate of drug-likeness (QED) is 0.789. The molecule has 1 aliphatic rings. The van der Waals surface area contributed by atoms with Crippen LogP contribution in [0.15, 0.2) is 24.3 Å². The molecule has 5 nitrogen and oxygen atoms in total. The number of morpholine rings is 1. The average molecular weight is 354 g/mol. The van der Waals surface area contributed by atoms with Gasteiger partial charge in [-0.2, -0.15) is 0 Å². The summed E-state index contributed by atoms with van der Waals surface area (Å²) in [6.45, 7) is 9.81. The van der Waals surface area contributed by atoms with Crippen molar-refractivity contribution < 1.29 is 9.53 Å². The predicted octanol–water partition coefficient (Wildman–Crippen LogP) is 2.22. The maximum absolute atomic E-state index is 12.5. The van der Waals surface area contributed by atoms with Crippen molar-refractivity contribution in [1.29, 1.82) is 0 Å². The zero-order chi connectivity index (χ0) is 17.5. The van der Waals surface area contributed by atoms with E-state index in [-0.39, 0.29) is 24.1 Å². The summed E-state index contributed by atoms with van der Waals surface area (Å²) in [7, 11) is 0. The number of nitrogens with one attached hydrogen (secondary N) is 2. The van der Waals surface area contributed by atoms with Gasteiger partial charge in [0, 0.05) is 18.1 Å². The van der Waals surface area contributed by atoms with Crippen LogP contribution in [0.1, 0.15) is 32.4 Å². The highest BCUT2D eigenvalue weighted by Gasteiger charge is 2.29. The fourth-order valence-corrected chi connectivity index (χ4v) is 3.44. The molecule has 0 bridgehead atoms. The number of ether oxygens (including phenoxy) is 1. The fraction of sp³-hybridized carbons (Fsp3) is 0.611. The van der Waals surface area contributed by atoms with Crippen molar-refractivity contribution in [3.63, 3.8) is 0 Å². The molecule has 1 aliphatic heterocycles. The van der Waals surface area contributed by atoms with Crippen LogP contribution in [0.2, 0.25) is 5.02 Å². The van der Waals surface area contributed by atoms with Gasteiger partial charge in [0.15, 0.2) is 0 Å². The van der Waals surface area contributed by atoms with Gasteiger partial charge in [-0.25, -0.2) is 0 Å². The summed E-state index contributed by atoms with van der Waals surface area (Å²) in [5.41, 5.74) is 1.05. The first kappa shape index (κ1) is 19.2. The lowest BCUT2D eigenvalue weighted by Gasteiger charge is -2.33. The molecule has 1 amide bonds. The lowest BCUT2D eigenvalue weighted by atomic mass is 10.0. The molecule has 0 radical (unpaired) electrons. The van der Waals surface area contributed by atoms with Crippen LogP contribution < -0.4 is 10.6 Å². The van der Waals surface area contributed by atoms with Crippen molar-refractivity contribution >= 4 is 17.5 Å². The standard InChI is InChI=1S/C18H28ClN3O2/c1-4-22(5-2)16(14-8-6-7-9-15(14)19)12-21-18(23)17-13(3)24-11-10-20-17/h6-9,13,16-17,20H,4-5,10-12H2,1-3H3,(H,21,23)/t13-,16?,17+/m1/s1. The van der Waals surface area contributed by atoms with E-state index in [0.29, 0.717) is 19.7 Å². The minimum absolute atomic E-state index is 0.0218. The first-order valence-electron chi connectivity index (χ1n) is 8.69. The highest BCUT2D eigenvalue weighted by atomic mass is 35.5. The predicted molar refractivity (Wildman–Crippen MR) is 97.3 cm³/mol. The number of hydrogen-bond acceptors (Lipinski definition) is 4. The Morgan fingerprint density at radius 3 is 2.75 bits per heavy atom. The first-order valence-corrected chi connectivity index (χ1v) is 9.07. The number of likely N-dealkylation sites (N-methyl/N-ethyl adjacent to an activating group) is 1. The average Bonchev–Trinajstić information content (AvgIpc) is 2.59. The maximum Gasteiger partial charge on any atom is 0.239 e. The van der Waals surface area contributed by atoms with E-state index in [0.717, 1.165) is 23.7 Å². The summed E-state index contributed by atoms with van der Waals surface area (Å²) in [6, 6.07) is 7.59. The van der Waals surface area contributed by atoms with E-state index >= 15 is 0 Å². The molecule has 1 fully saturated rings. The maximum atomic E-state index is 12.5. The Hall–Kier alpha value is -1.14. The minimum atomic E-state index is -0.303. The Morgan fingerprint density at radius 2 is 2.12 bits per heavy atom. The Morgan fingerprint density at radius 1 is 1.42 bits per heavy atom. The number of amides is 1. The third-order valence-corrected chi connectivity index (χ3v) is 4.93. The van der Waals surface area contributed by atoms with Gasteiger partial charge < -0.3 is 15.4 Å². The van der Waals surface area contributed by atoms with Crippen LogP contribution >= 0.6 is 11.6 Å². The molecule has 0 aliphatic carbocycles. The molecule has 1 heterocycles. The van der Waals surface area contributed by atoms with Crippen molar-refractivity contribution in [1.82, 2.24) is 15.5 Å². The highest BCUT2D eigenvalue weighted by molar-refractivity contribution is 6.31. The molecule has 24 heavy (non-hydrogen) atoms. The van der Waals surface area contributed by atoms with Crippen LogP contribution in [0.3, 0.4) is 0 Å². The first-order chi connectivity index (χ1) is 11.6. The molecule has 0 saturated carbocycles. The van der Waals surface area contributed by atoms with Crippen LogP contribution in [-0.4, -0.2) is 55.7 Å². The molecule has 1 aromatic carbocycles. The summed E-state index contributed by atoms with van der Waals surface area (Å²) in [4.78, 5) is 14.8. The van der Waals surface area contributed by atoms with E-state index in [9.17, 15) is 4.79 Å². The third kappa shape index (κ3) is 4.70. The zero-order valence-electron chi connectivity index (χ0n) is 14.7. The molecular formula is C18H28ClN3O2. The van der Waals surface area contributed by atoms with Crippen molar-refractivity contribution in [3.8, 4) is 0 Å². The Kier molecular flexibility index (Phi) is 7.49. The molecule has 0 aromatic heterocycles. The Bertz CT molecular complexity index is 537. The lowest BCUT2D eigenvalue weighted by Crippen LogP contribution is -2.56. The Labute approximate surface area is 149 Å². The minimum Gasteiger partial charge on any atom is -0.375 e. The number of rotatable bonds is 7. The van der Waals surface area contributed by atoms with E-state index in [1.807, 2.05) is 31.2 Å². The van der Waals surface area contributed by atoms with Gasteiger partial charge in [0.1, 0.15) is 6.04 Å². The second kappa shape index (κ2) is 9.37. The van der Waals surface area contributed by atoms with E-state index in [4.69, 9.17) is 16.3 Å². The second-order valence-electron chi connectivity index (χ2n) is 6.01. The van der Waals surface area contributed by atoms with Gasteiger partial charge in [-0.3, -0.25) is 9.69 Å². The SMILES string of the molecule is CCN(CC)C(CNC(=O)[C@H]1NCCO[C@@H]1C)c1ccccc1Cl. The van der Waals surface area contributed by atoms with Crippen LogP contribution in [0, 0.1) is 0 Å². The van der Waals surface area contributed by atoms with E-state index in [1.54, 1.807) is 0 Å². The topological polar surface area (TPSA) is 53.6 Å². The molecule has 6 heteroatoms. The van der Waals surface area contributed by atoms with Crippen molar-refractivity contribution in [3.05, 3.63) is 34.9 Å².